The molecule has 0 aromatic carbocycles. The zero-order valence-electron chi connectivity index (χ0n) is 9.18. The van der Waals surface area contributed by atoms with Gasteiger partial charge in [-0.05, 0) is 19.9 Å². The molecule has 0 aromatic heterocycles. The van der Waals surface area contributed by atoms with E-state index >= 15 is 0 Å². The zero-order valence-corrected chi connectivity index (χ0v) is 9.18. The molecule has 3 heteroatoms. The van der Waals surface area contributed by atoms with Crippen molar-refractivity contribution in [3.63, 3.8) is 0 Å². The second-order valence-electron chi connectivity index (χ2n) is 3.74. The first kappa shape index (κ1) is 11.2. The standard InChI is InChI=1S/C11H20N2O/c1-3-12-7-4-11(14)13-8-5-10(2)6-9-13/h5,12H,3-4,6-9H2,1-2H3. The van der Waals surface area contributed by atoms with Gasteiger partial charge < -0.3 is 10.2 Å². The molecule has 0 bridgehead atoms. The molecule has 0 saturated carbocycles. The first-order chi connectivity index (χ1) is 6.74. The molecule has 0 aromatic rings. The van der Waals surface area contributed by atoms with Crippen molar-refractivity contribution in [2.45, 2.75) is 26.7 Å². The quantitative estimate of drug-likeness (QED) is 0.540. The molecule has 1 N–H and O–H groups in total. The van der Waals surface area contributed by atoms with Crippen molar-refractivity contribution >= 4 is 5.91 Å². The highest BCUT2D eigenvalue weighted by atomic mass is 16.2. The van der Waals surface area contributed by atoms with Crippen molar-refractivity contribution in [2.24, 2.45) is 0 Å². The Bertz CT molecular complexity index is 223. The van der Waals surface area contributed by atoms with Crippen LogP contribution in [0.2, 0.25) is 0 Å². The Kier molecular flexibility index (Phi) is 4.66. The number of nitrogens with zero attached hydrogens (tertiary/aromatic N) is 1. The zero-order chi connectivity index (χ0) is 10.4. The summed E-state index contributed by atoms with van der Waals surface area (Å²) < 4.78 is 0. The Labute approximate surface area is 86.2 Å². The second-order valence-corrected chi connectivity index (χ2v) is 3.74. The predicted molar refractivity (Wildman–Crippen MR) is 58.1 cm³/mol. The van der Waals surface area contributed by atoms with Crippen molar-refractivity contribution < 1.29 is 4.79 Å². The lowest BCUT2D eigenvalue weighted by Crippen LogP contribution is -2.36. The maximum absolute atomic E-state index is 11.6. The van der Waals surface area contributed by atoms with Crippen molar-refractivity contribution in [3.05, 3.63) is 11.6 Å². The van der Waals surface area contributed by atoms with Crippen LogP contribution in [-0.4, -0.2) is 37.0 Å². The molecule has 0 spiro atoms. The molecule has 0 fully saturated rings. The molecule has 1 heterocycles. The Balaban J connectivity index is 2.25. The largest absolute Gasteiger partial charge is 0.339 e. The van der Waals surface area contributed by atoms with E-state index in [0.717, 1.165) is 32.6 Å². The van der Waals surface area contributed by atoms with Gasteiger partial charge in [-0.15, -0.1) is 0 Å². The molecule has 1 rings (SSSR count). The number of rotatable bonds is 4. The lowest BCUT2D eigenvalue weighted by molar-refractivity contribution is -0.130. The van der Waals surface area contributed by atoms with Crippen LogP contribution in [0, 0.1) is 0 Å². The van der Waals surface area contributed by atoms with Crippen LogP contribution in [0.4, 0.5) is 0 Å². The van der Waals surface area contributed by atoms with E-state index in [-0.39, 0.29) is 5.91 Å². The summed E-state index contributed by atoms with van der Waals surface area (Å²) in [5, 5.41) is 3.16. The average molecular weight is 196 g/mol. The fraction of sp³-hybridized carbons (Fsp3) is 0.727. The van der Waals surface area contributed by atoms with Crippen LogP contribution < -0.4 is 5.32 Å². The number of nitrogens with one attached hydrogen (secondary N) is 1. The molecule has 0 saturated heterocycles. The SMILES string of the molecule is CCNCCC(=O)N1CC=C(C)CC1. The third-order valence-electron chi connectivity index (χ3n) is 2.55. The van der Waals surface area contributed by atoms with Crippen LogP contribution in [0.15, 0.2) is 11.6 Å². The topological polar surface area (TPSA) is 32.3 Å². The van der Waals surface area contributed by atoms with E-state index in [1.807, 2.05) is 4.90 Å². The molecule has 0 aliphatic carbocycles. The van der Waals surface area contributed by atoms with Gasteiger partial charge in [0.1, 0.15) is 0 Å². The molecule has 1 aliphatic rings. The molecule has 0 unspecified atom stereocenters. The van der Waals surface area contributed by atoms with E-state index in [4.69, 9.17) is 0 Å². The van der Waals surface area contributed by atoms with Crippen LogP contribution in [0.25, 0.3) is 0 Å². The summed E-state index contributed by atoms with van der Waals surface area (Å²) in [6.07, 6.45) is 3.81. The van der Waals surface area contributed by atoms with Crippen molar-refractivity contribution in [3.8, 4) is 0 Å². The van der Waals surface area contributed by atoms with Crippen LogP contribution in [0.3, 0.4) is 0 Å². The monoisotopic (exact) mass is 196 g/mol. The summed E-state index contributed by atoms with van der Waals surface area (Å²) >= 11 is 0. The Morgan fingerprint density at radius 3 is 3.00 bits per heavy atom. The van der Waals surface area contributed by atoms with E-state index in [0.29, 0.717) is 6.42 Å². The maximum Gasteiger partial charge on any atom is 0.224 e. The summed E-state index contributed by atoms with van der Waals surface area (Å²) in [4.78, 5) is 13.6. The molecule has 14 heavy (non-hydrogen) atoms. The highest BCUT2D eigenvalue weighted by Crippen LogP contribution is 2.10. The summed E-state index contributed by atoms with van der Waals surface area (Å²) in [5.41, 5.74) is 1.40. The number of carbonyl (C=O) groups is 1. The van der Waals surface area contributed by atoms with E-state index in [1.165, 1.54) is 5.57 Å². The summed E-state index contributed by atoms with van der Waals surface area (Å²) in [6.45, 7) is 7.61. The second kappa shape index (κ2) is 5.81. The van der Waals surface area contributed by atoms with Gasteiger partial charge in [-0.2, -0.15) is 0 Å². The van der Waals surface area contributed by atoms with E-state index in [2.05, 4.69) is 25.2 Å². The van der Waals surface area contributed by atoms with Gasteiger partial charge in [-0.1, -0.05) is 18.6 Å². The van der Waals surface area contributed by atoms with Gasteiger partial charge in [-0.3, -0.25) is 4.79 Å². The van der Waals surface area contributed by atoms with E-state index in [1.54, 1.807) is 0 Å². The van der Waals surface area contributed by atoms with Gasteiger partial charge in [0, 0.05) is 26.1 Å². The van der Waals surface area contributed by atoms with E-state index < -0.39 is 0 Å². The first-order valence-electron chi connectivity index (χ1n) is 5.38. The fourth-order valence-corrected chi connectivity index (χ4v) is 1.53. The first-order valence-corrected chi connectivity index (χ1v) is 5.38. The van der Waals surface area contributed by atoms with Crippen molar-refractivity contribution in [1.29, 1.82) is 0 Å². The van der Waals surface area contributed by atoms with Crippen LogP contribution in [0.1, 0.15) is 26.7 Å². The smallest absolute Gasteiger partial charge is 0.224 e. The van der Waals surface area contributed by atoms with Gasteiger partial charge >= 0.3 is 0 Å². The third kappa shape index (κ3) is 3.50. The van der Waals surface area contributed by atoms with E-state index in [9.17, 15) is 4.79 Å². The highest BCUT2D eigenvalue weighted by molar-refractivity contribution is 5.76. The maximum atomic E-state index is 11.6. The average Bonchev–Trinajstić information content (AvgIpc) is 2.19. The van der Waals surface area contributed by atoms with Crippen LogP contribution in [0.5, 0.6) is 0 Å². The number of hydrogen-bond donors (Lipinski definition) is 1. The summed E-state index contributed by atoms with van der Waals surface area (Å²) in [7, 11) is 0. The number of hydrogen-bond acceptors (Lipinski definition) is 2. The molecule has 0 radical (unpaired) electrons. The van der Waals surface area contributed by atoms with Gasteiger partial charge in [0.05, 0.1) is 0 Å². The molecule has 0 atom stereocenters. The lowest BCUT2D eigenvalue weighted by Gasteiger charge is -2.25. The lowest BCUT2D eigenvalue weighted by atomic mass is 10.1. The van der Waals surface area contributed by atoms with Gasteiger partial charge in [0.15, 0.2) is 0 Å². The van der Waals surface area contributed by atoms with Crippen LogP contribution in [-0.2, 0) is 4.79 Å². The summed E-state index contributed by atoms with van der Waals surface area (Å²) in [5.74, 6) is 0.273. The Morgan fingerprint density at radius 1 is 1.64 bits per heavy atom. The predicted octanol–water partition coefficient (Wildman–Crippen LogP) is 1.16. The minimum absolute atomic E-state index is 0.273. The van der Waals surface area contributed by atoms with Gasteiger partial charge in [-0.25, -0.2) is 0 Å². The fourth-order valence-electron chi connectivity index (χ4n) is 1.53. The Morgan fingerprint density at radius 2 is 2.43 bits per heavy atom. The normalized spacial score (nSPS) is 16.7. The summed E-state index contributed by atoms with van der Waals surface area (Å²) in [6, 6.07) is 0. The number of carbonyl (C=O) groups excluding carboxylic acids is 1. The minimum atomic E-state index is 0.273. The Hall–Kier alpha value is -0.830. The molecule has 1 amide bonds. The molecule has 3 nitrogen and oxygen atoms in total. The molecule has 1 aliphatic heterocycles. The minimum Gasteiger partial charge on any atom is -0.339 e. The molecular weight excluding hydrogens is 176 g/mol. The molecular formula is C11H20N2O. The van der Waals surface area contributed by atoms with Crippen molar-refractivity contribution in [1.82, 2.24) is 10.2 Å². The van der Waals surface area contributed by atoms with Crippen molar-refractivity contribution in [2.75, 3.05) is 26.2 Å². The third-order valence-corrected chi connectivity index (χ3v) is 2.55. The number of amides is 1. The van der Waals surface area contributed by atoms with Gasteiger partial charge in [0.2, 0.25) is 5.91 Å². The highest BCUT2D eigenvalue weighted by Gasteiger charge is 2.14. The molecule has 80 valence electrons. The van der Waals surface area contributed by atoms with Crippen LogP contribution >= 0.6 is 0 Å². The van der Waals surface area contributed by atoms with Gasteiger partial charge in [0.25, 0.3) is 0 Å².